The maximum absolute atomic E-state index is 12.5. The fourth-order valence-electron chi connectivity index (χ4n) is 1.99. The van der Waals surface area contributed by atoms with Gasteiger partial charge in [0.1, 0.15) is 5.82 Å². The molecule has 0 aliphatic heterocycles. The van der Waals surface area contributed by atoms with Crippen LogP contribution in [0.3, 0.4) is 0 Å². The lowest BCUT2D eigenvalue weighted by Gasteiger charge is -2.12. The van der Waals surface area contributed by atoms with Crippen LogP contribution in [0, 0.1) is 6.92 Å². The molecule has 6 nitrogen and oxygen atoms in total. The van der Waals surface area contributed by atoms with Crippen molar-refractivity contribution >= 4 is 5.96 Å². The lowest BCUT2D eigenvalue weighted by Crippen LogP contribution is -2.36. The zero-order chi connectivity index (χ0) is 17.7. The molecular formula is C15H19F3N6. The summed E-state index contributed by atoms with van der Waals surface area (Å²) in [5.41, 5.74) is 0.0619. The summed E-state index contributed by atoms with van der Waals surface area (Å²) >= 11 is 0. The Balaban J connectivity index is 1.88. The molecule has 0 saturated carbocycles. The van der Waals surface area contributed by atoms with Gasteiger partial charge < -0.3 is 15.2 Å². The predicted molar refractivity (Wildman–Crippen MR) is 84.2 cm³/mol. The van der Waals surface area contributed by atoms with Crippen molar-refractivity contribution in [1.82, 2.24) is 25.4 Å². The Hall–Kier alpha value is -2.58. The number of aryl methyl sites for hydroxylation is 1. The van der Waals surface area contributed by atoms with Gasteiger partial charge >= 0.3 is 6.18 Å². The van der Waals surface area contributed by atoms with E-state index in [0.717, 1.165) is 29.3 Å². The summed E-state index contributed by atoms with van der Waals surface area (Å²) in [5.74, 6) is 2.08. The molecule has 0 aliphatic carbocycles. The third-order valence-electron chi connectivity index (χ3n) is 3.56. The third kappa shape index (κ3) is 4.46. The second-order valence-electron chi connectivity index (χ2n) is 5.20. The van der Waals surface area contributed by atoms with Crippen molar-refractivity contribution in [3.8, 4) is 0 Å². The third-order valence-corrected chi connectivity index (χ3v) is 3.56. The summed E-state index contributed by atoms with van der Waals surface area (Å²) < 4.78 is 39.4. The molecule has 1 heterocycles. The van der Waals surface area contributed by atoms with Crippen LogP contribution in [-0.4, -0.2) is 27.8 Å². The number of rotatable bonds is 4. The van der Waals surface area contributed by atoms with Crippen molar-refractivity contribution in [2.75, 3.05) is 7.05 Å². The highest BCUT2D eigenvalue weighted by Crippen LogP contribution is 2.28. The molecule has 1 aromatic carbocycles. The van der Waals surface area contributed by atoms with Gasteiger partial charge in [0.05, 0.1) is 12.1 Å². The van der Waals surface area contributed by atoms with Crippen LogP contribution in [0.1, 0.15) is 22.8 Å². The number of nitrogens with one attached hydrogen (secondary N) is 2. The average Bonchev–Trinajstić information content (AvgIpc) is 2.86. The van der Waals surface area contributed by atoms with Crippen LogP contribution in [0.4, 0.5) is 13.2 Å². The number of benzene rings is 1. The van der Waals surface area contributed by atoms with Crippen molar-refractivity contribution in [3.63, 3.8) is 0 Å². The van der Waals surface area contributed by atoms with Gasteiger partial charge in [-0.1, -0.05) is 12.1 Å². The number of hydrogen-bond acceptors (Lipinski definition) is 3. The van der Waals surface area contributed by atoms with Crippen LogP contribution in [0.25, 0.3) is 0 Å². The van der Waals surface area contributed by atoms with Crippen LogP contribution >= 0.6 is 0 Å². The van der Waals surface area contributed by atoms with Crippen LogP contribution < -0.4 is 10.6 Å². The molecule has 0 unspecified atom stereocenters. The van der Waals surface area contributed by atoms with Gasteiger partial charge in [0.2, 0.25) is 0 Å². The predicted octanol–water partition coefficient (Wildman–Crippen LogP) is 2.01. The molecule has 24 heavy (non-hydrogen) atoms. The van der Waals surface area contributed by atoms with E-state index in [2.05, 4.69) is 25.8 Å². The smallest absolute Gasteiger partial charge is 0.352 e. The minimum absolute atomic E-state index is 0.357. The highest BCUT2D eigenvalue weighted by molar-refractivity contribution is 5.79. The molecule has 2 N–H and O–H groups in total. The fraction of sp³-hybridized carbons (Fsp3) is 0.400. The topological polar surface area (TPSA) is 67.1 Å². The van der Waals surface area contributed by atoms with E-state index in [9.17, 15) is 13.2 Å². The Labute approximate surface area is 137 Å². The second kappa shape index (κ2) is 7.33. The molecule has 130 valence electrons. The Morgan fingerprint density at radius 1 is 1.12 bits per heavy atom. The molecule has 0 atom stereocenters. The first-order chi connectivity index (χ1) is 11.3. The zero-order valence-electron chi connectivity index (χ0n) is 13.6. The Morgan fingerprint density at radius 2 is 1.75 bits per heavy atom. The van der Waals surface area contributed by atoms with Crippen LogP contribution in [0.15, 0.2) is 29.3 Å². The van der Waals surface area contributed by atoms with E-state index >= 15 is 0 Å². The maximum atomic E-state index is 12.5. The highest BCUT2D eigenvalue weighted by Gasteiger charge is 2.29. The highest BCUT2D eigenvalue weighted by atomic mass is 19.4. The fourth-order valence-corrected chi connectivity index (χ4v) is 1.99. The van der Waals surface area contributed by atoms with Crippen molar-refractivity contribution in [2.45, 2.75) is 26.2 Å². The minimum Gasteiger partial charge on any atom is -0.352 e. The van der Waals surface area contributed by atoms with Gasteiger partial charge in [0.15, 0.2) is 11.8 Å². The molecule has 2 aromatic rings. The van der Waals surface area contributed by atoms with Gasteiger partial charge in [0.25, 0.3) is 0 Å². The normalized spacial score (nSPS) is 12.3. The summed E-state index contributed by atoms with van der Waals surface area (Å²) in [6.07, 6.45) is -4.32. The molecule has 0 spiro atoms. The number of nitrogens with zero attached hydrogens (tertiary/aromatic N) is 4. The van der Waals surface area contributed by atoms with E-state index in [1.807, 2.05) is 18.5 Å². The summed E-state index contributed by atoms with van der Waals surface area (Å²) in [5, 5.41) is 14.1. The monoisotopic (exact) mass is 340 g/mol. The van der Waals surface area contributed by atoms with E-state index in [0.29, 0.717) is 19.0 Å². The van der Waals surface area contributed by atoms with Gasteiger partial charge in [-0.25, -0.2) is 0 Å². The molecule has 0 radical (unpaired) electrons. The summed E-state index contributed by atoms with van der Waals surface area (Å²) in [6.45, 7) is 2.65. The summed E-state index contributed by atoms with van der Waals surface area (Å²) in [4.78, 5) is 4.07. The van der Waals surface area contributed by atoms with Crippen molar-refractivity contribution in [2.24, 2.45) is 12.0 Å². The number of guanidine groups is 1. The molecule has 1 aromatic heterocycles. The van der Waals surface area contributed by atoms with Crippen molar-refractivity contribution < 1.29 is 13.2 Å². The van der Waals surface area contributed by atoms with E-state index in [1.165, 1.54) is 12.1 Å². The van der Waals surface area contributed by atoms with E-state index in [1.54, 1.807) is 7.05 Å². The summed E-state index contributed by atoms with van der Waals surface area (Å²) in [7, 11) is 3.48. The lowest BCUT2D eigenvalue weighted by molar-refractivity contribution is -0.137. The van der Waals surface area contributed by atoms with E-state index in [-0.39, 0.29) is 0 Å². The lowest BCUT2D eigenvalue weighted by atomic mass is 10.1. The number of halogens is 3. The van der Waals surface area contributed by atoms with Gasteiger partial charge in [-0.05, 0) is 24.6 Å². The molecule has 2 rings (SSSR count). The van der Waals surface area contributed by atoms with E-state index in [4.69, 9.17) is 0 Å². The standard InChI is InChI=1S/C15H19F3N6/c1-10-22-23-13(24(10)3)9-21-14(19-2)20-8-11-4-6-12(7-5-11)15(16,17)18/h4-7H,8-9H2,1-3H3,(H2,19,20,21). The van der Waals surface area contributed by atoms with Crippen molar-refractivity contribution in [1.29, 1.82) is 0 Å². The first-order valence-corrected chi connectivity index (χ1v) is 7.26. The SMILES string of the molecule is CN=C(NCc1ccc(C(F)(F)F)cc1)NCc1nnc(C)n1C. The molecule has 0 amide bonds. The molecule has 0 fully saturated rings. The van der Waals surface area contributed by atoms with Gasteiger partial charge in [-0.15, -0.1) is 10.2 Å². The maximum Gasteiger partial charge on any atom is 0.416 e. The van der Waals surface area contributed by atoms with Crippen LogP contribution in [0.2, 0.25) is 0 Å². The zero-order valence-corrected chi connectivity index (χ0v) is 13.6. The first kappa shape index (κ1) is 17.8. The number of hydrogen-bond donors (Lipinski definition) is 2. The number of aliphatic imine (C=N–C) groups is 1. The minimum atomic E-state index is -4.32. The van der Waals surface area contributed by atoms with Crippen LogP contribution in [0.5, 0.6) is 0 Å². The second-order valence-corrected chi connectivity index (χ2v) is 5.20. The average molecular weight is 340 g/mol. The van der Waals surface area contributed by atoms with Gasteiger partial charge in [-0.3, -0.25) is 4.99 Å². The Kier molecular flexibility index (Phi) is 5.42. The van der Waals surface area contributed by atoms with Crippen molar-refractivity contribution in [3.05, 3.63) is 47.0 Å². The molecule has 9 heteroatoms. The quantitative estimate of drug-likeness (QED) is 0.660. The first-order valence-electron chi connectivity index (χ1n) is 7.26. The molecular weight excluding hydrogens is 321 g/mol. The number of aromatic nitrogens is 3. The Morgan fingerprint density at radius 3 is 2.25 bits per heavy atom. The van der Waals surface area contributed by atoms with Gasteiger partial charge in [-0.2, -0.15) is 13.2 Å². The molecule has 0 aliphatic rings. The number of alkyl halides is 3. The van der Waals surface area contributed by atoms with Crippen LogP contribution in [-0.2, 0) is 26.3 Å². The van der Waals surface area contributed by atoms with E-state index < -0.39 is 11.7 Å². The summed E-state index contributed by atoms with van der Waals surface area (Å²) in [6, 6.07) is 5.01. The molecule has 0 saturated heterocycles. The molecule has 0 bridgehead atoms. The largest absolute Gasteiger partial charge is 0.416 e. The Bertz CT molecular complexity index is 703. The van der Waals surface area contributed by atoms with Gasteiger partial charge in [0, 0.05) is 20.6 Å².